The highest BCUT2D eigenvalue weighted by Gasteiger charge is 2.36. The maximum absolute atomic E-state index is 5.72. The van der Waals surface area contributed by atoms with Gasteiger partial charge >= 0.3 is 0 Å². The van der Waals surface area contributed by atoms with Crippen LogP contribution in [0.4, 0.5) is 5.69 Å². The Kier molecular flexibility index (Phi) is 3.41. The van der Waals surface area contributed by atoms with E-state index in [0.717, 1.165) is 36.4 Å². The van der Waals surface area contributed by atoms with Gasteiger partial charge in [0.2, 0.25) is 0 Å². The molecule has 3 nitrogen and oxygen atoms in total. The molecule has 2 fully saturated rings. The van der Waals surface area contributed by atoms with Crippen molar-refractivity contribution in [3.05, 3.63) is 24.3 Å². The third kappa shape index (κ3) is 2.61. The first kappa shape index (κ1) is 11.8. The molecule has 3 heteroatoms. The Balaban J connectivity index is 1.38. The second-order valence-corrected chi connectivity index (χ2v) is 5.60. The van der Waals surface area contributed by atoms with E-state index in [0.29, 0.717) is 0 Å². The summed E-state index contributed by atoms with van der Waals surface area (Å²) in [6.45, 7) is 3.30. The third-order valence-corrected chi connectivity index (χ3v) is 4.24. The minimum absolute atomic E-state index is 0.768. The number of likely N-dealkylation sites (tertiary alicyclic amines) is 1. The molecular weight excluding hydrogens is 224 g/mol. The van der Waals surface area contributed by atoms with Gasteiger partial charge in [-0.05, 0) is 43.7 Å². The van der Waals surface area contributed by atoms with Gasteiger partial charge in [-0.15, -0.1) is 0 Å². The first-order valence-corrected chi connectivity index (χ1v) is 7.03. The summed E-state index contributed by atoms with van der Waals surface area (Å²) in [6.07, 6.45) is 5.43. The second-order valence-electron chi connectivity index (χ2n) is 5.60. The van der Waals surface area contributed by atoms with Crippen molar-refractivity contribution in [3.63, 3.8) is 0 Å². The fraction of sp³-hybridized carbons (Fsp3) is 0.600. The van der Waals surface area contributed by atoms with Gasteiger partial charge in [-0.1, -0.05) is 6.07 Å². The van der Waals surface area contributed by atoms with Crippen LogP contribution in [0.3, 0.4) is 0 Å². The Hall–Kier alpha value is -1.22. The summed E-state index contributed by atoms with van der Waals surface area (Å²) < 4.78 is 5.72. The van der Waals surface area contributed by atoms with Gasteiger partial charge in [-0.25, -0.2) is 0 Å². The summed E-state index contributed by atoms with van der Waals surface area (Å²) in [7, 11) is 0. The predicted molar refractivity (Wildman–Crippen MR) is 73.7 cm³/mol. The molecule has 1 aliphatic carbocycles. The van der Waals surface area contributed by atoms with Gasteiger partial charge in [0.1, 0.15) is 5.75 Å². The highest BCUT2D eigenvalue weighted by Crippen LogP contribution is 2.37. The van der Waals surface area contributed by atoms with E-state index < -0.39 is 0 Å². The molecule has 3 rings (SSSR count). The van der Waals surface area contributed by atoms with Gasteiger partial charge in [-0.2, -0.15) is 0 Å². The molecule has 0 radical (unpaired) electrons. The van der Waals surface area contributed by atoms with Crippen molar-refractivity contribution in [2.45, 2.75) is 31.7 Å². The molecular formula is C15H22N2O. The largest absolute Gasteiger partial charge is 0.493 e. The van der Waals surface area contributed by atoms with Crippen LogP contribution in [0.15, 0.2) is 24.3 Å². The minimum Gasteiger partial charge on any atom is -0.493 e. The summed E-state index contributed by atoms with van der Waals surface area (Å²) >= 11 is 0. The van der Waals surface area contributed by atoms with Crippen LogP contribution in [0, 0.1) is 5.92 Å². The number of nitrogens with two attached hydrogens (primary N) is 1. The van der Waals surface area contributed by atoms with E-state index in [4.69, 9.17) is 10.5 Å². The lowest BCUT2D eigenvalue weighted by Gasteiger charge is -2.26. The molecule has 2 unspecified atom stereocenters. The van der Waals surface area contributed by atoms with E-state index in [1.165, 1.54) is 32.4 Å². The van der Waals surface area contributed by atoms with Crippen LogP contribution in [-0.2, 0) is 0 Å². The maximum Gasteiger partial charge on any atom is 0.121 e. The van der Waals surface area contributed by atoms with Crippen molar-refractivity contribution in [1.82, 2.24) is 4.90 Å². The second kappa shape index (κ2) is 5.19. The first-order valence-electron chi connectivity index (χ1n) is 7.03. The quantitative estimate of drug-likeness (QED) is 0.641. The molecule has 1 aromatic rings. The van der Waals surface area contributed by atoms with E-state index in [-0.39, 0.29) is 0 Å². The number of nitrogen functional groups attached to an aromatic ring is 1. The summed E-state index contributed by atoms with van der Waals surface area (Å²) in [4.78, 5) is 2.65. The van der Waals surface area contributed by atoms with Gasteiger partial charge in [0, 0.05) is 30.9 Å². The predicted octanol–water partition coefficient (Wildman–Crippen LogP) is 2.52. The van der Waals surface area contributed by atoms with Crippen LogP contribution in [0.5, 0.6) is 5.75 Å². The van der Waals surface area contributed by atoms with Crippen molar-refractivity contribution >= 4 is 5.69 Å². The Labute approximate surface area is 109 Å². The standard InChI is InChI=1S/C15H22N2O/c16-13-3-1-4-15(10-13)18-8-2-7-17-11-12-5-6-14(17)9-12/h1,3-4,10,12,14H,2,5-9,11,16H2. The summed E-state index contributed by atoms with van der Waals surface area (Å²) in [5.41, 5.74) is 6.48. The molecule has 1 aromatic carbocycles. The number of rotatable bonds is 5. The minimum atomic E-state index is 0.768. The van der Waals surface area contributed by atoms with Gasteiger partial charge in [0.25, 0.3) is 0 Å². The lowest BCUT2D eigenvalue weighted by Crippen LogP contribution is -2.33. The topological polar surface area (TPSA) is 38.5 Å². The number of piperidine rings is 1. The van der Waals surface area contributed by atoms with Crippen molar-refractivity contribution in [2.75, 3.05) is 25.4 Å². The number of fused-ring (bicyclic) bond motifs is 2. The van der Waals surface area contributed by atoms with E-state index in [2.05, 4.69) is 4.90 Å². The summed E-state index contributed by atoms with van der Waals surface area (Å²) in [6, 6.07) is 8.55. The van der Waals surface area contributed by atoms with Crippen LogP contribution < -0.4 is 10.5 Å². The molecule has 2 bridgehead atoms. The molecule has 1 aliphatic heterocycles. The first-order chi connectivity index (χ1) is 8.81. The molecule has 0 amide bonds. The summed E-state index contributed by atoms with van der Waals surface area (Å²) in [5, 5.41) is 0. The van der Waals surface area contributed by atoms with Gasteiger partial charge in [-0.3, -0.25) is 4.90 Å². The van der Waals surface area contributed by atoms with Crippen molar-refractivity contribution < 1.29 is 4.74 Å². The Morgan fingerprint density at radius 2 is 2.28 bits per heavy atom. The number of hydrogen-bond acceptors (Lipinski definition) is 3. The zero-order chi connectivity index (χ0) is 12.4. The molecule has 1 heterocycles. The van der Waals surface area contributed by atoms with E-state index >= 15 is 0 Å². The van der Waals surface area contributed by atoms with Crippen molar-refractivity contribution in [1.29, 1.82) is 0 Å². The zero-order valence-corrected chi connectivity index (χ0v) is 10.8. The third-order valence-electron chi connectivity index (χ3n) is 4.24. The van der Waals surface area contributed by atoms with Gasteiger partial charge in [0.15, 0.2) is 0 Å². The van der Waals surface area contributed by atoms with Crippen LogP contribution >= 0.6 is 0 Å². The molecule has 1 saturated carbocycles. The summed E-state index contributed by atoms with van der Waals surface area (Å²) in [5.74, 6) is 1.88. The normalized spacial score (nSPS) is 26.7. The molecule has 0 spiro atoms. The molecule has 2 aliphatic rings. The van der Waals surface area contributed by atoms with E-state index in [1.807, 2.05) is 24.3 Å². The number of hydrogen-bond donors (Lipinski definition) is 1. The highest BCUT2D eigenvalue weighted by atomic mass is 16.5. The number of nitrogens with zero attached hydrogens (tertiary/aromatic N) is 1. The molecule has 18 heavy (non-hydrogen) atoms. The Bertz CT molecular complexity index is 407. The monoisotopic (exact) mass is 246 g/mol. The SMILES string of the molecule is Nc1cccc(OCCCN2CC3CCC2C3)c1. The molecule has 2 N–H and O–H groups in total. The van der Waals surface area contributed by atoms with E-state index in [9.17, 15) is 0 Å². The maximum atomic E-state index is 5.72. The Morgan fingerprint density at radius 3 is 3.00 bits per heavy atom. The Morgan fingerprint density at radius 1 is 1.33 bits per heavy atom. The highest BCUT2D eigenvalue weighted by molar-refractivity contribution is 5.43. The number of anilines is 1. The van der Waals surface area contributed by atoms with Crippen LogP contribution in [0.25, 0.3) is 0 Å². The lowest BCUT2D eigenvalue weighted by atomic mass is 10.1. The zero-order valence-electron chi connectivity index (χ0n) is 10.8. The fourth-order valence-corrected chi connectivity index (χ4v) is 3.36. The van der Waals surface area contributed by atoms with Gasteiger partial charge in [0.05, 0.1) is 6.61 Å². The van der Waals surface area contributed by atoms with Crippen LogP contribution in [0.1, 0.15) is 25.7 Å². The molecule has 0 aromatic heterocycles. The molecule has 2 atom stereocenters. The molecule has 1 saturated heterocycles. The van der Waals surface area contributed by atoms with Crippen LogP contribution in [0.2, 0.25) is 0 Å². The average Bonchev–Trinajstić information content (AvgIpc) is 2.97. The van der Waals surface area contributed by atoms with Crippen molar-refractivity contribution in [2.24, 2.45) is 5.92 Å². The van der Waals surface area contributed by atoms with E-state index in [1.54, 1.807) is 0 Å². The van der Waals surface area contributed by atoms with Crippen molar-refractivity contribution in [3.8, 4) is 5.75 Å². The van der Waals surface area contributed by atoms with Crippen LogP contribution in [-0.4, -0.2) is 30.6 Å². The smallest absolute Gasteiger partial charge is 0.121 e. The number of ether oxygens (including phenoxy) is 1. The lowest BCUT2D eigenvalue weighted by molar-refractivity contribution is 0.193. The molecule has 98 valence electrons. The number of benzene rings is 1. The van der Waals surface area contributed by atoms with Gasteiger partial charge < -0.3 is 10.5 Å². The average molecular weight is 246 g/mol. The fourth-order valence-electron chi connectivity index (χ4n) is 3.36.